The van der Waals surface area contributed by atoms with E-state index in [2.05, 4.69) is 56.8 Å². The molecule has 1 aromatic heterocycles. The molecule has 0 bridgehead atoms. The number of piperazine rings is 1. The lowest BCUT2D eigenvalue weighted by atomic mass is 9.97. The fourth-order valence-electron chi connectivity index (χ4n) is 5.75. The summed E-state index contributed by atoms with van der Waals surface area (Å²) in [6.07, 6.45) is 9.19. The van der Waals surface area contributed by atoms with Crippen LogP contribution in [0.3, 0.4) is 0 Å². The zero-order chi connectivity index (χ0) is 21.8. The monoisotopic (exact) mass is 503 g/mol. The summed E-state index contributed by atoms with van der Waals surface area (Å²) >= 11 is 0. The number of fused-ring (bicyclic) bond motifs is 3. The van der Waals surface area contributed by atoms with E-state index in [9.17, 15) is 0 Å². The summed E-state index contributed by atoms with van der Waals surface area (Å²) in [6.45, 7) is 6.72. The molecule has 5 rings (SSSR count). The molecule has 0 saturated carbocycles. The molecule has 4 nitrogen and oxygen atoms in total. The predicted molar refractivity (Wildman–Crippen MR) is 149 cm³/mol. The quantitative estimate of drug-likeness (QED) is 0.390. The van der Waals surface area contributed by atoms with Gasteiger partial charge in [-0.3, -0.25) is 4.90 Å². The van der Waals surface area contributed by atoms with Gasteiger partial charge in [-0.25, -0.2) is 0 Å². The van der Waals surface area contributed by atoms with E-state index in [0.29, 0.717) is 0 Å². The van der Waals surface area contributed by atoms with Gasteiger partial charge in [-0.1, -0.05) is 43.2 Å². The number of rotatable bonds is 6. The van der Waals surface area contributed by atoms with Crippen LogP contribution in [0.5, 0.6) is 5.75 Å². The van der Waals surface area contributed by atoms with Gasteiger partial charge in [0.15, 0.2) is 0 Å². The third-order valence-corrected chi connectivity index (χ3v) is 7.44. The Hall–Kier alpha value is -1.88. The first-order chi connectivity index (χ1) is 15.8. The zero-order valence-electron chi connectivity index (χ0n) is 20.4. The predicted octanol–water partition coefficient (Wildman–Crippen LogP) is 6.36. The molecule has 2 aromatic carbocycles. The lowest BCUT2D eigenvalue weighted by Gasteiger charge is -2.36. The smallest absolute Gasteiger partial charge is 0.142 e. The van der Waals surface area contributed by atoms with E-state index in [1.807, 2.05) is 6.07 Å². The average Bonchev–Trinajstić information content (AvgIpc) is 3.11. The van der Waals surface area contributed by atoms with Crippen molar-refractivity contribution in [1.29, 1.82) is 0 Å². The van der Waals surface area contributed by atoms with Crippen molar-refractivity contribution in [2.45, 2.75) is 51.5 Å². The molecule has 2 heterocycles. The van der Waals surface area contributed by atoms with Crippen molar-refractivity contribution in [2.75, 3.05) is 44.7 Å². The van der Waals surface area contributed by atoms with Crippen molar-refractivity contribution >= 4 is 41.4 Å². The summed E-state index contributed by atoms with van der Waals surface area (Å²) in [5.74, 6) is 0.983. The van der Waals surface area contributed by atoms with E-state index in [1.165, 1.54) is 68.1 Å². The van der Waals surface area contributed by atoms with Crippen LogP contribution in [0.15, 0.2) is 48.5 Å². The summed E-state index contributed by atoms with van der Waals surface area (Å²) in [7, 11) is 1.77. The highest BCUT2D eigenvalue weighted by Crippen LogP contribution is 2.31. The van der Waals surface area contributed by atoms with Crippen LogP contribution in [0.1, 0.15) is 43.4 Å². The number of benzene rings is 2. The maximum absolute atomic E-state index is 5.57. The van der Waals surface area contributed by atoms with E-state index in [4.69, 9.17) is 4.74 Å². The molecule has 0 radical (unpaired) electrons. The van der Waals surface area contributed by atoms with Crippen molar-refractivity contribution in [3.63, 3.8) is 0 Å². The average molecular weight is 505 g/mol. The van der Waals surface area contributed by atoms with Crippen molar-refractivity contribution in [3.05, 3.63) is 59.8 Å². The zero-order valence-corrected chi connectivity index (χ0v) is 22.0. The Morgan fingerprint density at radius 3 is 2.26 bits per heavy atom. The van der Waals surface area contributed by atoms with Gasteiger partial charge in [-0.15, -0.1) is 24.8 Å². The fourth-order valence-corrected chi connectivity index (χ4v) is 5.75. The number of hydrogen-bond acceptors (Lipinski definition) is 3. The fraction of sp³-hybridized carbons (Fsp3) is 0.500. The van der Waals surface area contributed by atoms with Crippen LogP contribution in [0.4, 0.5) is 5.69 Å². The van der Waals surface area contributed by atoms with Crippen molar-refractivity contribution in [2.24, 2.45) is 0 Å². The van der Waals surface area contributed by atoms with Gasteiger partial charge in [-0.2, -0.15) is 0 Å². The molecule has 1 aliphatic carbocycles. The van der Waals surface area contributed by atoms with Gasteiger partial charge in [0.05, 0.1) is 12.8 Å². The first kappa shape index (κ1) is 26.7. The molecule has 1 fully saturated rings. The third kappa shape index (κ3) is 5.67. The van der Waals surface area contributed by atoms with Gasteiger partial charge in [0.1, 0.15) is 5.75 Å². The van der Waals surface area contributed by atoms with Gasteiger partial charge >= 0.3 is 0 Å². The van der Waals surface area contributed by atoms with E-state index >= 15 is 0 Å². The Morgan fingerprint density at radius 2 is 1.47 bits per heavy atom. The second-order valence-corrected chi connectivity index (χ2v) is 9.36. The number of methoxy groups -OCH3 is 1. The molecule has 0 N–H and O–H groups in total. The maximum Gasteiger partial charge on any atom is 0.142 e. The van der Waals surface area contributed by atoms with Crippen LogP contribution in [0.25, 0.3) is 10.9 Å². The van der Waals surface area contributed by atoms with Crippen molar-refractivity contribution < 1.29 is 4.74 Å². The first-order valence-electron chi connectivity index (χ1n) is 12.5. The normalized spacial score (nSPS) is 16.7. The standard InChI is InChI=1S/C28H37N3O.2ClH/c1-32-28-16-9-8-15-27(28)30-21-19-29(20-22-30)17-10-18-31-25-13-5-3-2-4-11-23(25)24-12-6-7-14-26(24)31;;/h6-9,12,14-16H,2-5,10-11,13,17-22H2,1H3;2*1H. The highest BCUT2D eigenvalue weighted by Gasteiger charge is 2.21. The lowest BCUT2D eigenvalue weighted by molar-refractivity contribution is 0.250. The summed E-state index contributed by atoms with van der Waals surface area (Å²) < 4.78 is 8.24. The highest BCUT2D eigenvalue weighted by molar-refractivity contribution is 5.86. The number of nitrogens with zero attached hydrogens (tertiary/aromatic N) is 3. The number of halogens is 2. The van der Waals surface area contributed by atoms with Crippen molar-refractivity contribution in [1.82, 2.24) is 9.47 Å². The maximum atomic E-state index is 5.57. The van der Waals surface area contributed by atoms with Gasteiger partial charge in [0.25, 0.3) is 0 Å². The van der Waals surface area contributed by atoms with Crippen LogP contribution in [0, 0.1) is 0 Å². The molecule has 2 aliphatic rings. The molecule has 6 heteroatoms. The van der Waals surface area contributed by atoms with E-state index in [-0.39, 0.29) is 24.8 Å². The SMILES string of the molecule is COc1ccccc1N1CCN(CCCn2c3c(c4ccccc42)CCCCCC3)CC1.Cl.Cl. The minimum Gasteiger partial charge on any atom is -0.495 e. The molecule has 3 aromatic rings. The summed E-state index contributed by atoms with van der Waals surface area (Å²) in [4.78, 5) is 5.11. The molecule has 0 amide bonds. The minimum absolute atomic E-state index is 0. The summed E-state index contributed by atoms with van der Waals surface area (Å²) in [5.41, 5.74) is 5.96. The second kappa shape index (κ2) is 12.7. The van der Waals surface area contributed by atoms with Crippen LogP contribution >= 0.6 is 24.8 Å². The van der Waals surface area contributed by atoms with Crippen LogP contribution in [-0.2, 0) is 19.4 Å². The van der Waals surface area contributed by atoms with E-state index in [0.717, 1.165) is 38.5 Å². The summed E-state index contributed by atoms with van der Waals surface area (Å²) in [6, 6.07) is 17.5. The molecule has 186 valence electrons. The molecular weight excluding hydrogens is 465 g/mol. The number of hydrogen-bond donors (Lipinski definition) is 0. The Kier molecular flexibility index (Phi) is 9.99. The Labute approximate surface area is 217 Å². The van der Waals surface area contributed by atoms with Crippen LogP contribution < -0.4 is 9.64 Å². The van der Waals surface area contributed by atoms with E-state index < -0.39 is 0 Å². The number of aryl methyl sites for hydroxylation is 2. The van der Waals surface area contributed by atoms with Crippen LogP contribution in [-0.4, -0.2) is 49.3 Å². The molecule has 0 atom stereocenters. The van der Waals surface area contributed by atoms with E-state index in [1.54, 1.807) is 18.4 Å². The molecule has 1 aliphatic heterocycles. The van der Waals surface area contributed by atoms with Crippen LogP contribution in [0.2, 0.25) is 0 Å². The number of anilines is 1. The lowest BCUT2D eigenvalue weighted by Crippen LogP contribution is -2.46. The Bertz CT molecular complexity index is 1040. The minimum atomic E-state index is 0. The van der Waals surface area contributed by atoms with Gasteiger partial charge in [0, 0.05) is 49.3 Å². The number of ether oxygens (including phenoxy) is 1. The number of aromatic nitrogens is 1. The Morgan fingerprint density at radius 1 is 0.765 bits per heavy atom. The molecule has 0 unspecified atom stereocenters. The molecule has 34 heavy (non-hydrogen) atoms. The molecule has 0 spiro atoms. The molecular formula is C28H39Cl2N3O. The van der Waals surface area contributed by atoms with Gasteiger partial charge < -0.3 is 14.2 Å². The van der Waals surface area contributed by atoms with Crippen molar-refractivity contribution in [3.8, 4) is 5.75 Å². The largest absolute Gasteiger partial charge is 0.495 e. The van der Waals surface area contributed by atoms with Gasteiger partial charge in [0.2, 0.25) is 0 Å². The van der Waals surface area contributed by atoms with Gasteiger partial charge in [-0.05, 0) is 62.4 Å². The molecule has 1 saturated heterocycles. The highest BCUT2D eigenvalue weighted by atomic mass is 35.5. The first-order valence-corrected chi connectivity index (χ1v) is 12.5. The third-order valence-electron chi connectivity index (χ3n) is 7.44. The topological polar surface area (TPSA) is 20.6 Å². The number of para-hydroxylation sites is 3. The second-order valence-electron chi connectivity index (χ2n) is 9.36. The Balaban J connectivity index is 0.00000162. The summed E-state index contributed by atoms with van der Waals surface area (Å²) in [5, 5.41) is 1.51.